The van der Waals surface area contributed by atoms with E-state index in [9.17, 15) is 33.0 Å². The van der Waals surface area contributed by atoms with Gasteiger partial charge in [0, 0.05) is 18.2 Å². The first kappa shape index (κ1) is 20.8. The van der Waals surface area contributed by atoms with Gasteiger partial charge in [-0.05, 0) is 12.0 Å². The Bertz CT molecular complexity index is 890. The Morgan fingerprint density at radius 1 is 1.15 bits per heavy atom. The van der Waals surface area contributed by atoms with Crippen molar-refractivity contribution in [3.8, 4) is 11.5 Å². The van der Waals surface area contributed by atoms with Gasteiger partial charge in [0.25, 0.3) is 0 Å². The third-order valence-electron chi connectivity index (χ3n) is 2.89. The fourth-order valence-electron chi connectivity index (χ4n) is 1.83. The van der Waals surface area contributed by atoms with Crippen molar-refractivity contribution in [2.24, 2.45) is 5.73 Å². The number of alkyl halides is 3. The molecule has 2 aromatic rings. The third kappa shape index (κ3) is 5.37. The van der Waals surface area contributed by atoms with Crippen molar-refractivity contribution in [2.75, 3.05) is 0 Å². The lowest BCUT2D eigenvalue weighted by molar-refractivity contribution is -0.192. The molecule has 1 atom stereocenters. The Labute approximate surface area is 141 Å². The minimum atomic E-state index is -5.08. The van der Waals surface area contributed by atoms with E-state index in [2.05, 4.69) is 0 Å². The zero-order chi connectivity index (χ0) is 20.2. The number of aliphatic carboxylic acids is 2. The zero-order valence-corrected chi connectivity index (χ0v) is 12.6. The maximum absolute atomic E-state index is 11.4. The highest BCUT2D eigenvalue weighted by Gasteiger charge is 2.38. The molecule has 0 amide bonds. The van der Waals surface area contributed by atoms with E-state index in [-0.39, 0.29) is 34.5 Å². The molecule has 142 valence electrons. The number of hydrogen-bond acceptors (Lipinski definition) is 7. The van der Waals surface area contributed by atoms with E-state index >= 15 is 0 Å². The molecule has 0 aliphatic carbocycles. The predicted molar refractivity (Wildman–Crippen MR) is 78.8 cm³/mol. The molecule has 12 heteroatoms. The van der Waals surface area contributed by atoms with Crippen LogP contribution in [0.3, 0.4) is 0 Å². The fraction of sp³-hybridized carbons (Fsp3) is 0.214. The van der Waals surface area contributed by atoms with Crippen LogP contribution in [0.2, 0.25) is 0 Å². The van der Waals surface area contributed by atoms with Gasteiger partial charge in [-0.15, -0.1) is 0 Å². The van der Waals surface area contributed by atoms with Gasteiger partial charge in [-0.2, -0.15) is 13.2 Å². The van der Waals surface area contributed by atoms with Crippen LogP contribution in [0, 0.1) is 0 Å². The van der Waals surface area contributed by atoms with Crippen LogP contribution in [0.1, 0.15) is 5.56 Å². The number of aromatic hydroxyl groups is 2. The smallest absolute Gasteiger partial charge is 0.490 e. The number of rotatable bonds is 3. The second kappa shape index (κ2) is 7.74. The Kier molecular flexibility index (Phi) is 6.18. The molecular formula is C14H12F3NO8. The van der Waals surface area contributed by atoms with Crippen molar-refractivity contribution in [1.29, 1.82) is 0 Å². The number of phenols is 2. The lowest BCUT2D eigenvalue weighted by Crippen LogP contribution is -2.32. The van der Waals surface area contributed by atoms with E-state index < -0.39 is 29.8 Å². The summed E-state index contributed by atoms with van der Waals surface area (Å²) in [6.45, 7) is 0. The molecule has 0 aliphatic rings. The van der Waals surface area contributed by atoms with Crippen LogP contribution in [0.4, 0.5) is 13.2 Å². The first-order valence-electron chi connectivity index (χ1n) is 6.60. The Morgan fingerprint density at radius 2 is 1.69 bits per heavy atom. The highest BCUT2D eigenvalue weighted by atomic mass is 19.4. The Hall–Kier alpha value is -3.28. The van der Waals surface area contributed by atoms with Gasteiger partial charge in [0.15, 0.2) is 0 Å². The van der Waals surface area contributed by atoms with Gasteiger partial charge in [-0.25, -0.2) is 9.59 Å². The first-order valence-corrected chi connectivity index (χ1v) is 6.60. The van der Waals surface area contributed by atoms with Gasteiger partial charge >= 0.3 is 23.7 Å². The van der Waals surface area contributed by atoms with Crippen LogP contribution in [0.25, 0.3) is 11.0 Å². The minimum absolute atomic E-state index is 0.0300. The standard InChI is InChI=1S/C12H11NO6.C2HF3O2/c13-7(12(17)18)1-5-2-10(16)19-9-4-6(14)3-8(15)11(5)9;3-2(4,5)1(6)7/h2-4,7,14-15H,1,13H2,(H,17,18);(H,6,7)/t7-;/m0./s1. The zero-order valence-electron chi connectivity index (χ0n) is 12.6. The molecule has 0 unspecified atom stereocenters. The summed E-state index contributed by atoms with van der Waals surface area (Å²) in [5.41, 5.74) is 4.91. The Morgan fingerprint density at radius 3 is 2.15 bits per heavy atom. The molecule has 0 saturated carbocycles. The topological polar surface area (TPSA) is 171 Å². The average Bonchev–Trinajstić information content (AvgIpc) is 2.45. The van der Waals surface area contributed by atoms with Crippen LogP contribution in [-0.4, -0.2) is 44.6 Å². The molecule has 6 N–H and O–H groups in total. The summed E-state index contributed by atoms with van der Waals surface area (Å²) in [7, 11) is 0. The van der Waals surface area contributed by atoms with Gasteiger partial charge < -0.3 is 30.6 Å². The second-order valence-corrected chi connectivity index (χ2v) is 4.88. The summed E-state index contributed by atoms with van der Waals surface area (Å²) in [4.78, 5) is 31.0. The maximum atomic E-state index is 11.4. The van der Waals surface area contributed by atoms with Gasteiger partial charge in [-0.1, -0.05) is 0 Å². The van der Waals surface area contributed by atoms with Crippen LogP contribution >= 0.6 is 0 Å². The molecule has 26 heavy (non-hydrogen) atoms. The molecule has 0 aliphatic heterocycles. The van der Waals surface area contributed by atoms with E-state index in [0.717, 1.165) is 18.2 Å². The van der Waals surface area contributed by atoms with E-state index in [4.69, 9.17) is 25.2 Å². The van der Waals surface area contributed by atoms with Gasteiger partial charge in [0.1, 0.15) is 23.1 Å². The summed E-state index contributed by atoms with van der Waals surface area (Å²) >= 11 is 0. The highest BCUT2D eigenvalue weighted by Crippen LogP contribution is 2.31. The molecule has 0 saturated heterocycles. The number of carboxylic acids is 2. The van der Waals surface area contributed by atoms with Crippen LogP contribution in [-0.2, 0) is 16.0 Å². The molecule has 1 heterocycles. The number of fused-ring (bicyclic) bond motifs is 1. The fourth-order valence-corrected chi connectivity index (χ4v) is 1.83. The van der Waals surface area contributed by atoms with Gasteiger partial charge in [0.2, 0.25) is 0 Å². The quantitative estimate of drug-likeness (QED) is 0.483. The van der Waals surface area contributed by atoms with Gasteiger partial charge in [0.05, 0.1) is 5.39 Å². The molecular weight excluding hydrogens is 367 g/mol. The minimum Gasteiger partial charge on any atom is -0.508 e. The average molecular weight is 379 g/mol. The van der Waals surface area contributed by atoms with E-state index in [1.807, 2.05) is 0 Å². The highest BCUT2D eigenvalue weighted by molar-refractivity contribution is 5.88. The number of carboxylic acid groups (broad SMARTS) is 2. The number of benzene rings is 1. The molecule has 0 spiro atoms. The van der Waals surface area contributed by atoms with Crippen molar-refractivity contribution in [2.45, 2.75) is 18.6 Å². The summed E-state index contributed by atoms with van der Waals surface area (Å²) in [5.74, 6) is -4.56. The molecule has 0 radical (unpaired) electrons. The van der Waals surface area contributed by atoms with Crippen LogP contribution in [0.15, 0.2) is 27.4 Å². The maximum Gasteiger partial charge on any atom is 0.490 e. The van der Waals surface area contributed by atoms with Crippen molar-refractivity contribution < 1.29 is 47.6 Å². The van der Waals surface area contributed by atoms with Crippen molar-refractivity contribution in [1.82, 2.24) is 0 Å². The van der Waals surface area contributed by atoms with Crippen molar-refractivity contribution >= 4 is 22.9 Å². The second-order valence-electron chi connectivity index (χ2n) is 4.88. The first-order chi connectivity index (χ1) is 11.8. The molecule has 2 rings (SSSR count). The van der Waals surface area contributed by atoms with E-state index in [1.165, 1.54) is 0 Å². The normalized spacial score (nSPS) is 12.2. The number of hydrogen-bond donors (Lipinski definition) is 5. The largest absolute Gasteiger partial charge is 0.508 e. The molecule has 1 aromatic carbocycles. The Balaban J connectivity index is 0.000000412. The summed E-state index contributed by atoms with van der Waals surface area (Å²) in [6.07, 6.45) is -5.23. The van der Waals surface area contributed by atoms with E-state index in [0.29, 0.717) is 0 Å². The summed E-state index contributed by atoms with van der Waals surface area (Å²) in [5, 5.41) is 35.1. The van der Waals surface area contributed by atoms with Crippen molar-refractivity contribution in [3.05, 3.63) is 34.2 Å². The lowest BCUT2D eigenvalue weighted by atomic mass is 10.0. The monoisotopic (exact) mass is 379 g/mol. The number of halogens is 3. The van der Waals surface area contributed by atoms with Crippen LogP contribution in [0.5, 0.6) is 11.5 Å². The van der Waals surface area contributed by atoms with Crippen molar-refractivity contribution in [3.63, 3.8) is 0 Å². The predicted octanol–water partition coefficient (Wildman–Crippen LogP) is 0.792. The van der Waals surface area contributed by atoms with E-state index in [1.54, 1.807) is 0 Å². The number of phenolic OH excluding ortho intramolecular Hbond substituents is 2. The van der Waals surface area contributed by atoms with Crippen LogP contribution < -0.4 is 11.4 Å². The summed E-state index contributed by atoms with van der Waals surface area (Å²) in [6, 6.07) is 2.09. The summed E-state index contributed by atoms with van der Waals surface area (Å²) < 4.78 is 36.6. The molecule has 9 nitrogen and oxygen atoms in total. The number of nitrogens with two attached hydrogens (primary N) is 1. The molecule has 0 bridgehead atoms. The molecule has 0 fully saturated rings. The SMILES string of the molecule is N[C@@H](Cc1cc(=O)oc2cc(O)cc(O)c12)C(=O)O.O=C(O)C(F)(F)F. The van der Waals surface area contributed by atoms with Gasteiger partial charge in [-0.3, -0.25) is 4.79 Å². The number of carbonyl (C=O) groups is 2. The lowest BCUT2D eigenvalue weighted by Gasteiger charge is -2.10. The third-order valence-corrected chi connectivity index (χ3v) is 2.89. The molecule has 1 aromatic heterocycles.